The van der Waals surface area contributed by atoms with Crippen LogP contribution < -0.4 is 0 Å². The van der Waals surface area contributed by atoms with Gasteiger partial charge in [-0.1, -0.05) is 51.8 Å². The van der Waals surface area contributed by atoms with Crippen molar-refractivity contribution in [3.05, 3.63) is 24.8 Å². The molecule has 0 nitrogen and oxygen atoms in total. The van der Waals surface area contributed by atoms with Gasteiger partial charge >= 0.3 is 0 Å². The van der Waals surface area contributed by atoms with E-state index >= 15 is 0 Å². The molecule has 0 fully saturated rings. The highest BCUT2D eigenvalue weighted by molar-refractivity contribution is 5.04. The summed E-state index contributed by atoms with van der Waals surface area (Å²) in [4.78, 5) is 0. The van der Waals surface area contributed by atoms with Crippen LogP contribution in [0.4, 0.5) is 0 Å². The number of hydrogen-bond acceptors (Lipinski definition) is 0. The molecular weight excluding hydrogens is 156 g/mol. The van der Waals surface area contributed by atoms with Crippen LogP contribution in [0.25, 0.3) is 0 Å². The van der Waals surface area contributed by atoms with Crippen molar-refractivity contribution in [2.24, 2.45) is 11.8 Å². The van der Waals surface area contributed by atoms with Crippen LogP contribution in [0.5, 0.6) is 0 Å². The minimum absolute atomic E-state index is 0.582. The Morgan fingerprint density at radius 3 is 2.38 bits per heavy atom. The average Bonchev–Trinajstić information content (AvgIpc) is 2.17. The van der Waals surface area contributed by atoms with Gasteiger partial charge in [0, 0.05) is 0 Å². The number of rotatable bonds is 7. The van der Waals surface area contributed by atoms with Gasteiger partial charge in [-0.3, -0.25) is 0 Å². The molecule has 0 aromatic carbocycles. The number of allylic oxidation sites excluding steroid dienone is 2. The molecule has 0 aromatic heterocycles. The Bertz CT molecular complexity index is 155. The van der Waals surface area contributed by atoms with Gasteiger partial charge in [0.15, 0.2) is 0 Å². The largest absolute Gasteiger partial charge is 0.103 e. The summed E-state index contributed by atoms with van der Waals surface area (Å²) in [5, 5.41) is 0. The van der Waals surface area contributed by atoms with E-state index in [4.69, 9.17) is 0 Å². The zero-order valence-electron chi connectivity index (χ0n) is 9.47. The molecule has 0 saturated carbocycles. The Hall–Kier alpha value is -0.520. The van der Waals surface area contributed by atoms with Gasteiger partial charge in [0.2, 0.25) is 0 Å². The highest BCUT2D eigenvalue weighted by Gasteiger charge is 2.15. The van der Waals surface area contributed by atoms with Crippen LogP contribution in [0.15, 0.2) is 24.8 Å². The van der Waals surface area contributed by atoms with Crippen LogP contribution in [0.1, 0.15) is 46.5 Å². The third kappa shape index (κ3) is 4.31. The van der Waals surface area contributed by atoms with Crippen molar-refractivity contribution < 1.29 is 0 Å². The molecule has 13 heavy (non-hydrogen) atoms. The topological polar surface area (TPSA) is 0 Å². The zero-order chi connectivity index (χ0) is 10.3. The van der Waals surface area contributed by atoms with E-state index in [-0.39, 0.29) is 0 Å². The van der Waals surface area contributed by atoms with Crippen molar-refractivity contribution in [1.29, 1.82) is 0 Å². The van der Waals surface area contributed by atoms with E-state index in [9.17, 15) is 0 Å². The molecule has 0 aliphatic rings. The fourth-order valence-electron chi connectivity index (χ4n) is 1.69. The SMILES string of the molecule is C=C[C@H](C)[C@H](CCCC)C(=C)CC. The minimum Gasteiger partial charge on any atom is -0.103 e. The fourth-order valence-corrected chi connectivity index (χ4v) is 1.69. The van der Waals surface area contributed by atoms with Crippen molar-refractivity contribution in [3.63, 3.8) is 0 Å². The highest BCUT2D eigenvalue weighted by Crippen LogP contribution is 2.27. The van der Waals surface area contributed by atoms with Gasteiger partial charge in [0.05, 0.1) is 0 Å². The van der Waals surface area contributed by atoms with Crippen LogP contribution >= 0.6 is 0 Å². The molecule has 0 amide bonds. The standard InChI is InChI=1S/C13H24/c1-6-9-10-13(11(4)7-2)12(5)8-3/h7,11,13H,2,5-6,8-10H2,1,3-4H3/t11-,13-/m0/s1. The van der Waals surface area contributed by atoms with Crippen molar-refractivity contribution >= 4 is 0 Å². The fraction of sp³-hybridized carbons (Fsp3) is 0.692. The Kier molecular flexibility index (Phi) is 6.66. The van der Waals surface area contributed by atoms with Gasteiger partial charge in [-0.2, -0.15) is 0 Å². The second-order valence-corrected chi connectivity index (χ2v) is 3.86. The second-order valence-electron chi connectivity index (χ2n) is 3.86. The van der Waals surface area contributed by atoms with Gasteiger partial charge < -0.3 is 0 Å². The van der Waals surface area contributed by atoms with E-state index in [1.54, 1.807) is 0 Å². The average molecular weight is 180 g/mol. The Balaban J connectivity index is 4.17. The summed E-state index contributed by atoms with van der Waals surface area (Å²) in [5.74, 6) is 1.24. The molecular formula is C13H24. The quantitative estimate of drug-likeness (QED) is 0.503. The van der Waals surface area contributed by atoms with Gasteiger partial charge in [-0.25, -0.2) is 0 Å². The molecule has 0 radical (unpaired) electrons. The maximum absolute atomic E-state index is 4.15. The second kappa shape index (κ2) is 6.94. The number of unbranched alkanes of at least 4 members (excludes halogenated alkanes) is 1. The first-order valence-corrected chi connectivity index (χ1v) is 5.47. The maximum Gasteiger partial charge on any atom is -0.0146 e. The van der Waals surface area contributed by atoms with Crippen LogP contribution in [-0.2, 0) is 0 Å². The highest BCUT2D eigenvalue weighted by atomic mass is 14.2. The molecule has 0 bridgehead atoms. The van der Waals surface area contributed by atoms with Crippen LogP contribution in [-0.4, -0.2) is 0 Å². The van der Waals surface area contributed by atoms with E-state index in [1.165, 1.54) is 24.8 Å². The molecule has 0 aliphatic carbocycles. The smallest absolute Gasteiger partial charge is 0.0146 e. The molecule has 0 unspecified atom stereocenters. The first-order chi connectivity index (χ1) is 6.17. The van der Waals surface area contributed by atoms with Gasteiger partial charge in [-0.15, -0.1) is 6.58 Å². The van der Waals surface area contributed by atoms with E-state index in [2.05, 4.69) is 40.0 Å². The Morgan fingerprint density at radius 2 is 2.00 bits per heavy atom. The summed E-state index contributed by atoms with van der Waals surface area (Å²) in [5.41, 5.74) is 1.39. The molecule has 0 aromatic rings. The maximum atomic E-state index is 4.15. The molecule has 0 rings (SSSR count). The van der Waals surface area contributed by atoms with E-state index in [0.717, 1.165) is 6.42 Å². The van der Waals surface area contributed by atoms with E-state index in [0.29, 0.717) is 11.8 Å². The Labute approximate surface area is 83.7 Å². The van der Waals surface area contributed by atoms with Gasteiger partial charge in [0.25, 0.3) is 0 Å². The molecule has 0 heteroatoms. The molecule has 0 saturated heterocycles. The molecule has 2 atom stereocenters. The Morgan fingerprint density at radius 1 is 1.38 bits per heavy atom. The predicted molar refractivity (Wildman–Crippen MR) is 61.8 cm³/mol. The zero-order valence-corrected chi connectivity index (χ0v) is 9.47. The summed E-state index contributed by atoms with van der Waals surface area (Å²) in [6.45, 7) is 14.7. The summed E-state index contributed by atoms with van der Waals surface area (Å²) in [6, 6.07) is 0. The summed E-state index contributed by atoms with van der Waals surface area (Å²) < 4.78 is 0. The lowest BCUT2D eigenvalue weighted by molar-refractivity contribution is 0.429. The van der Waals surface area contributed by atoms with Crippen molar-refractivity contribution in [2.45, 2.75) is 46.5 Å². The first kappa shape index (κ1) is 12.5. The van der Waals surface area contributed by atoms with Crippen LogP contribution in [0, 0.1) is 11.8 Å². The molecule has 0 spiro atoms. The first-order valence-electron chi connectivity index (χ1n) is 5.47. The van der Waals surface area contributed by atoms with Crippen molar-refractivity contribution in [2.75, 3.05) is 0 Å². The number of hydrogen-bond donors (Lipinski definition) is 0. The predicted octanol–water partition coefficient (Wildman–Crippen LogP) is 4.58. The van der Waals surface area contributed by atoms with E-state index in [1.807, 2.05) is 0 Å². The summed E-state index contributed by atoms with van der Waals surface area (Å²) in [6.07, 6.45) is 7.02. The van der Waals surface area contributed by atoms with E-state index < -0.39 is 0 Å². The molecule has 0 N–H and O–H groups in total. The van der Waals surface area contributed by atoms with Crippen LogP contribution in [0.2, 0.25) is 0 Å². The molecule has 76 valence electrons. The lowest BCUT2D eigenvalue weighted by Crippen LogP contribution is -2.11. The van der Waals surface area contributed by atoms with Gasteiger partial charge in [0.1, 0.15) is 0 Å². The lowest BCUT2D eigenvalue weighted by Gasteiger charge is -2.23. The van der Waals surface area contributed by atoms with Crippen LogP contribution in [0.3, 0.4) is 0 Å². The molecule has 0 heterocycles. The van der Waals surface area contributed by atoms with Crippen molar-refractivity contribution in [1.82, 2.24) is 0 Å². The lowest BCUT2D eigenvalue weighted by atomic mass is 9.83. The van der Waals surface area contributed by atoms with Crippen molar-refractivity contribution in [3.8, 4) is 0 Å². The summed E-state index contributed by atoms with van der Waals surface area (Å²) >= 11 is 0. The third-order valence-corrected chi connectivity index (χ3v) is 2.85. The molecule has 0 aliphatic heterocycles. The monoisotopic (exact) mass is 180 g/mol. The van der Waals surface area contributed by atoms with Gasteiger partial charge in [-0.05, 0) is 24.7 Å². The normalized spacial score (nSPS) is 15.0. The summed E-state index contributed by atoms with van der Waals surface area (Å²) in [7, 11) is 0. The third-order valence-electron chi connectivity index (χ3n) is 2.85. The minimum atomic E-state index is 0.582.